The van der Waals surface area contributed by atoms with Crippen molar-refractivity contribution in [1.82, 2.24) is 0 Å². The molecule has 0 saturated carbocycles. The predicted molar refractivity (Wildman–Crippen MR) is 145 cm³/mol. The Hall–Kier alpha value is -4.10. The van der Waals surface area contributed by atoms with E-state index in [4.69, 9.17) is 0 Å². The molecule has 1 aliphatic rings. The maximum Gasteiger partial charge on any atom is 0.0390 e. The number of nitrogens with one attached hydrogen (secondary N) is 1. The molecule has 0 saturated heterocycles. The molecule has 0 heterocycles. The number of hydrogen-bond acceptors (Lipinski definition) is 1. The Kier molecular flexibility index (Phi) is 4.85. The molecule has 0 amide bonds. The van der Waals surface area contributed by atoms with Gasteiger partial charge in [0.2, 0.25) is 0 Å². The molecule has 5 aromatic carbocycles. The third-order valence-electron chi connectivity index (χ3n) is 7.04. The van der Waals surface area contributed by atoms with Gasteiger partial charge in [0.25, 0.3) is 0 Å². The average Bonchev–Trinajstić information content (AvgIpc) is 3.11. The summed E-state index contributed by atoms with van der Waals surface area (Å²) >= 11 is 0. The Labute approximate surface area is 201 Å². The van der Waals surface area contributed by atoms with E-state index < -0.39 is 0 Å². The molecular weight excluding hydrogens is 410 g/mol. The largest absolute Gasteiger partial charge is 0.356 e. The van der Waals surface area contributed by atoms with E-state index in [1.807, 2.05) is 0 Å². The highest BCUT2D eigenvalue weighted by atomic mass is 14.9. The number of hydrogen-bond donors (Lipinski definition) is 1. The summed E-state index contributed by atoms with van der Waals surface area (Å²) in [7, 11) is 0. The van der Waals surface area contributed by atoms with Crippen LogP contribution in [0.1, 0.15) is 25.0 Å². The van der Waals surface area contributed by atoms with Crippen LogP contribution in [0.15, 0.2) is 121 Å². The molecule has 164 valence electrons. The van der Waals surface area contributed by atoms with Crippen LogP contribution < -0.4 is 5.32 Å². The third-order valence-corrected chi connectivity index (χ3v) is 7.04. The lowest BCUT2D eigenvalue weighted by atomic mass is 9.81. The van der Waals surface area contributed by atoms with Crippen LogP contribution in [-0.4, -0.2) is 0 Å². The molecule has 0 radical (unpaired) electrons. The predicted octanol–water partition coefficient (Wildman–Crippen LogP) is 9.07. The van der Waals surface area contributed by atoms with Gasteiger partial charge in [0, 0.05) is 16.8 Å². The molecule has 1 aliphatic carbocycles. The molecule has 0 aromatic heterocycles. The fraction of sp³-hybridized carbons (Fsp3) is 0.0909. The minimum absolute atomic E-state index is 0.0565. The molecule has 1 nitrogen and oxygen atoms in total. The van der Waals surface area contributed by atoms with Gasteiger partial charge in [-0.3, -0.25) is 0 Å². The lowest BCUT2D eigenvalue weighted by molar-refractivity contribution is 0.661. The first-order valence-corrected chi connectivity index (χ1v) is 11.9. The molecule has 1 N–H and O–H groups in total. The lowest BCUT2D eigenvalue weighted by Gasteiger charge is -2.23. The number of rotatable bonds is 4. The van der Waals surface area contributed by atoms with Gasteiger partial charge in [-0.15, -0.1) is 0 Å². The van der Waals surface area contributed by atoms with Gasteiger partial charge in [0.15, 0.2) is 0 Å². The van der Waals surface area contributed by atoms with E-state index in [9.17, 15) is 0 Å². The van der Waals surface area contributed by atoms with Gasteiger partial charge in [-0.05, 0) is 74.8 Å². The van der Waals surface area contributed by atoms with Crippen molar-refractivity contribution in [2.24, 2.45) is 0 Å². The normalized spacial score (nSPS) is 13.2. The SMILES string of the molecule is CC1(C)c2cc(Nc3cccc(-c4ccccc4)c3)ccc2-c2ccc(-c3ccccc3)cc21. The summed E-state index contributed by atoms with van der Waals surface area (Å²) in [6.45, 7) is 4.68. The molecule has 0 bridgehead atoms. The van der Waals surface area contributed by atoms with Crippen LogP contribution in [-0.2, 0) is 5.41 Å². The van der Waals surface area contributed by atoms with Crippen molar-refractivity contribution in [2.45, 2.75) is 19.3 Å². The average molecular weight is 438 g/mol. The van der Waals surface area contributed by atoms with Gasteiger partial charge < -0.3 is 5.32 Å². The fourth-order valence-electron chi connectivity index (χ4n) is 5.20. The van der Waals surface area contributed by atoms with Crippen LogP contribution >= 0.6 is 0 Å². The van der Waals surface area contributed by atoms with E-state index in [0.29, 0.717) is 0 Å². The first-order chi connectivity index (χ1) is 16.6. The molecule has 34 heavy (non-hydrogen) atoms. The van der Waals surface area contributed by atoms with Gasteiger partial charge in [-0.1, -0.05) is 105 Å². The Morgan fingerprint density at radius 1 is 0.441 bits per heavy atom. The van der Waals surface area contributed by atoms with Crippen molar-refractivity contribution >= 4 is 11.4 Å². The zero-order chi connectivity index (χ0) is 23.1. The second kappa shape index (κ2) is 8.04. The summed E-state index contributed by atoms with van der Waals surface area (Å²) in [5.41, 5.74) is 12.6. The van der Waals surface area contributed by atoms with Crippen molar-refractivity contribution in [3.63, 3.8) is 0 Å². The highest BCUT2D eigenvalue weighted by Gasteiger charge is 2.35. The number of fused-ring (bicyclic) bond motifs is 3. The zero-order valence-corrected chi connectivity index (χ0v) is 19.5. The first kappa shape index (κ1) is 20.5. The molecular formula is C33H27N. The highest BCUT2D eigenvalue weighted by molar-refractivity contribution is 5.85. The van der Waals surface area contributed by atoms with Gasteiger partial charge in [-0.2, -0.15) is 0 Å². The van der Waals surface area contributed by atoms with Crippen molar-refractivity contribution in [3.8, 4) is 33.4 Å². The monoisotopic (exact) mass is 437 g/mol. The topological polar surface area (TPSA) is 12.0 Å². The van der Waals surface area contributed by atoms with Crippen molar-refractivity contribution < 1.29 is 0 Å². The van der Waals surface area contributed by atoms with Crippen molar-refractivity contribution in [1.29, 1.82) is 0 Å². The van der Waals surface area contributed by atoms with Crippen LogP contribution in [0.25, 0.3) is 33.4 Å². The summed E-state index contributed by atoms with van der Waals surface area (Å²) in [4.78, 5) is 0. The third kappa shape index (κ3) is 3.50. The molecule has 6 rings (SSSR count). The van der Waals surface area contributed by atoms with E-state index >= 15 is 0 Å². The standard InChI is InChI=1S/C33H27N/c1-33(2)31-21-26(24-12-7-4-8-13-24)16-18-29(31)30-19-17-28(22-32(30)33)34-27-15-9-14-25(20-27)23-10-5-3-6-11-23/h3-22,34H,1-2H3. The summed E-state index contributed by atoms with van der Waals surface area (Å²) in [6.07, 6.45) is 0. The first-order valence-electron chi connectivity index (χ1n) is 11.9. The second-order valence-electron chi connectivity index (χ2n) is 9.58. The van der Waals surface area contributed by atoms with Gasteiger partial charge in [0.05, 0.1) is 0 Å². The highest BCUT2D eigenvalue weighted by Crippen LogP contribution is 2.50. The lowest BCUT2D eigenvalue weighted by Crippen LogP contribution is -2.15. The Balaban J connectivity index is 1.34. The summed E-state index contributed by atoms with van der Waals surface area (Å²) in [5, 5.41) is 3.65. The van der Waals surface area contributed by atoms with E-state index in [0.717, 1.165) is 11.4 Å². The summed E-state index contributed by atoms with van der Waals surface area (Å²) in [6, 6.07) is 43.5. The zero-order valence-electron chi connectivity index (χ0n) is 19.5. The number of benzene rings is 5. The quantitative estimate of drug-likeness (QED) is 0.296. The summed E-state index contributed by atoms with van der Waals surface area (Å²) in [5.74, 6) is 0. The molecule has 1 heteroatoms. The van der Waals surface area contributed by atoms with E-state index in [2.05, 4.69) is 140 Å². The Morgan fingerprint density at radius 2 is 0.971 bits per heavy atom. The van der Waals surface area contributed by atoms with Crippen molar-refractivity contribution in [3.05, 3.63) is 132 Å². The molecule has 5 aromatic rings. The Bertz CT molecular complexity index is 1480. The maximum absolute atomic E-state index is 3.65. The van der Waals surface area contributed by atoms with Crippen LogP contribution in [0.5, 0.6) is 0 Å². The summed E-state index contributed by atoms with van der Waals surface area (Å²) < 4.78 is 0. The fourth-order valence-corrected chi connectivity index (χ4v) is 5.20. The van der Waals surface area contributed by atoms with Crippen molar-refractivity contribution in [2.75, 3.05) is 5.32 Å². The molecule has 0 spiro atoms. The van der Waals surface area contributed by atoms with Crippen LogP contribution in [0.2, 0.25) is 0 Å². The van der Waals surface area contributed by atoms with Gasteiger partial charge in [-0.25, -0.2) is 0 Å². The van der Waals surface area contributed by atoms with Crippen LogP contribution in [0.4, 0.5) is 11.4 Å². The number of anilines is 2. The smallest absolute Gasteiger partial charge is 0.0390 e. The van der Waals surface area contributed by atoms with E-state index in [1.165, 1.54) is 44.5 Å². The van der Waals surface area contributed by atoms with Crippen LogP contribution in [0, 0.1) is 0 Å². The second-order valence-corrected chi connectivity index (χ2v) is 9.58. The molecule has 0 unspecified atom stereocenters. The van der Waals surface area contributed by atoms with Crippen LogP contribution in [0.3, 0.4) is 0 Å². The van der Waals surface area contributed by atoms with Gasteiger partial charge in [0.1, 0.15) is 0 Å². The minimum Gasteiger partial charge on any atom is -0.356 e. The maximum atomic E-state index is 3.65. The van der Waals surface area contributed by atoms with E-state index in [1.54, 1.807) is 0 Å². The minimum atomic E-state index is -0.0565. The molecule has 0 aliphatic heterocycles. The van der Waals surface area contributed by atoms with Gasteiger partial charge >= 0.3 is 0 Å². The molecule has 0 atom stereocenters. The van der Waals surface area contributed by atoms with E-state index in [-0.39, 0.29) is 5.41 Å². The molecule has 0 fully saturated rings. The Morgan fingerprint density at radius 3 is 1.65 bits per heavy atom.